The monoisotopic (exact) mass is 356 g/mol. The van der Waals surface area contributed by atoms with E-state index in [9.17, 15) is 4.79 Å². The van der Waals surface area contributed by atoms with Gasteiger partial charge in [-0.2, -0.15) is 0 Å². The zero-order valence-electron chi connectivity index (χ0n) is 14.3. The Morgan fingerprint density at radius 3 is 2.60 bits per heavy atom. The van der Waals surface area contributed by atoms with Crippen molar-refractivity contribution in [1.82, 2.24) is 14.9 Å². The van der Waals surface area contributed by atoms with E-state index in [-0.39, 0.29) is 0 Å². The predicted octanol–water partition coefficient (Wildman–Crippen LogP) is 3.10. The fourth-order valence-electron chi connectivity index (χ4n) is 2.94. The second-order valence-electron chi connectivity index (χ2n) is 5.92. The minimum Gasteiger partial charge on any atom is -0.366 e. The Morgan fingerprint density at radius 2 is 2.00 bits per heavy atom. The van der Waals surface area contributed by atoms with Crippen LogP contribution in [0.2, 0.25) is 5.02 Å². The Kier molecular flexibility index (Phi) is 5.06. The summed E-state index contributed by atoms with van der Waals surface area (Å²) in [6.07, 6.45) is 1.75. The maximum Gasteiger partial charge on any atom is 0.250 e. The summed E-state index contributed by atoms with van der Waals surface area (Å²) in [4.78, 5) is 16.2. The lowest BCUT2D eigenvalue weighted by Gasteiger charge is -2.10. The molecule has 0 fully saturated rings. The molecule has 3 aromatic rings. The van der Waals surface area contributed by atoms with Crippen molar-refractivity contribution in [1.29, 1.82) is 0 Å². The van der Waals surface area contributed by atoms with Crippen LogP contribution >= 0.6 is 11.6 Å². The van der Waals surface area contributed by atoms with Crippen LogP contribution in [-0.4, -0.2) is 29.1 Å². The molecular weight excluding hydrogens is 336 g/mol. The fourth-order valence-corrected chi connectivity index (χ4v) is 3.19. The molecule has 25 heavy (non-hydrogen) atoms. The van der Waals surface area contributed by atoms with Crippen LogP contribution < -0.4 is 11.1 Å². The first-order valence-corrected chi connectivity index (χ1v) is 8.67. The molecule has 0 saturated carbocycles. The van der Waals surface area contributed by atoms with Gasteiger partial charge in [-0.05, 0) is 49.8 Å². The quantitative estimate of drug-likeness (QED) is 0.712. The minimum absolute atomic E-state index is 0.295. The lowest BCUT2D eigenvalue weighted by molar-refractivity contribution is 0.100. The van der Waals surface area contributed by atoms with E-state index < -0.39 is 5.91 Å². The van der Waals surface area contributed by atoms with E-state index in [4.69, 9.17) is 17.3 Å². The summed E-state index contributed by atoms with van der Waals surface area (Å²) in [6, 6.07) is 11.8. The van der Waals surface area contributed by atoms with E-state index in [1.54, 1.807) is 12.1 Å². The number of primary amides is 1. The number of nitrogens with two attached hydrogens (primary N) is 1. The smallest absolute Gasteiger partial charge is 0.250 e. The van der Waals surface area contributed by atoms with Crippen molar-refractivity contribution in [3.05, 3.63) is 58.4 Å². The van der Waals surface area contributed by atoms with Crippen molar-refractivity contribution in [2.24, 2.45) is 5.73 Å². The molecular formula is C19H21ClN4O. The van der Waals surface area contributed by atoms with Crippen LogP contribution in [0.25, 0.3) is 16.7 Å². The number of halogens is 1. The van der Waals surface area contributed by atoms with E-state index in [0.717, 1.165) is 36.4 Å². The minimum atomic E-state index is -0.548. The predicted molar refractivity (Wildman–Crippen MR) is 102 cm³/mol. The summed E-state index contributed by atoms with van der Waals surface area (Å²) in [5.74, 6) is 0.365. The highest BCUT2D eigenvalue weighted by Gasteiger charge is 2.16. The zero-order chi connectivity index (χ0) is 18.0. The summed E-state index contributed by atoms with van der Waals surface area (Å²) in [5, 5.41) is 3.50. The van der Waals surface area contributed by atoms with Gasteiger partial charge in [0, 0.05) is 12.1 Å². The third-order valence-corrected chi connectivity index (χ3v) is 4.57. The molecule has 3 N–H and O–H groups in total. The van der Waals surface area contributed by atoms with Gasteiger partial charge in [-0.3, -0.25) is 9.36 Å². The number of aromatic nitrogens is 2. The molecule has 2 aromatic carbocycles. The van der Waals surface area contributed by atoms with Crippen molar-refractivity contribution in [2.45, 2.75) is 19.8 Å². The Bertz CT molecular complexity index is 915. The summed E-state index contributed by atoms with van der Waals surface area (Å²) >= 11 is 6.24. The maximum atomic E-state index is 11.5. The molecule has 3 rings (SSSR count). The van der Waals surface area contributed by atoms with Crippen LogP contribution in [-0.2, 0) is 12.8 Å². The number of nitrogens with one attached hydrogen (secondary N) is 1. The van der Waals surface area contributed by atoms with Gasteiger partial charge in [-0.1, -0.05) is 30.7 Å². The van der Waals surface area contributed by atoms with Crippen molar-refractivity contribution < 1.29 is 4.79 Å². The second kappa shape index (κ2) is 7.25. The molecule has 1 aromatic heterocycles. The van der Waals surface area contributed by atoms with Crippen molar-refractivity contribution in [3.8, 4) is 5.69 Å². The first-order chi connectivity index (χ1) is 12.0. The highest BCUT2D eigenvalue weighted by Crippen LogP contribution is 2.28. The highest BCUT2D eigenvalue weighted by molar-refractivity contribution is 6.34. The number of hydrogen-bond acceptors (Lipinski definition) is 3. The van der Waals surface area contributed by atoms with Gasteiger partial charge in [0.2, 0.25) is 5.91 Å². The molecule has 5 nitrogen and oxygen atoms in total. The molecule has 1 heterocycles. The van der Waals surface area contributed by atoms with Gasteiger partial charge in [0.05, 0.1) is 21.6 Å². The lowest BCUT2D eigenvalue weighted by Crippen LogP contribution is -2.11. The van der Waals surface area contributed by atoms with Gasteiger partial charge in [0.25, 0.3) is 0 Å². The number of benzene rings is 2. The number of aryl methyl sites for hydroxylation is 1. The molecule has 1 amide bonds. The van der Waals surface area contributed by atoms with Gasteiger partial charge < -0.3 is 11.1 Å². The van der Waals surface area contributed by atoms with Gasteiger partial charge >= 0.3 is 0 Å². The zero-order valence-corrected chi connectivity index (χ0v) is 15.1. The van der Waals surface area contributed by atoms with E-state index in [0.29, 0.717) is 16.1 Å². The Labute approximate surface area is 151 Å². The molecule has 130 valence electrons. The molecule has 0 radical (unpaired) electrons. The topological polar surface area (TPSA) is 72.9 Å². The molecule has 0 aliphatic heterocycles. The second-order valence-corrected chi connectivity index (χ2v) is 6.33. The van der Waals surface area contributed by atoms with Gasteiger partial charge in [-0.15, -0.1) is 0 Å². The average molecular weight is 357 g/mol. The summed E-state index contributed by atoms with van der Waals surface area (Å²) in [6.45, 7) is 2.99. The lowest BCUT2D eigenvalue weighted by atomic mass is 10.1. The molecule has 0 aliphatic carbocycles. The summed E-state index contributed by atoms with van der Waals surface area (Å²) < 4.78 is 2.08. The number of carbonyl (C=O) groups is 1. The van der Waals surface area contributed by atoms with Crippen LogP contribution in [0.5, 0.6) is 0 Å². The largest absolute Gasteiger partial charge is 0.366 e. The van der Waals surface area contributed by atoms with E-state index in [1.807, 2.05) is 7.05 Å². The van der Waals surface area contributed by atoms with E-state index in [2.05, 4.69) is 46.1 Å². The Balaban J connectivity index is 2.11. The number of carbonyl (C=O) groups excluding carboxylic acids is 1. The van der Waals surface area contributed by atoms with Crippen LogP contribution in [0.3, 0.4) is 0 Å². The van der Waals surface area contributed by atoms with E-state index in [1.165, 1.54) is 5.56 Å². The molecule has 6 heteroatoms. The van der Waals surface area contributed by atoms with Crippen molar-refractivity contribution in [3.63, 3.8) is 0 Å². The Hall–Kier alpha value is -2.37. The molecule has 0 spiro atoms. The number of hydrogen-bond donors (Lipinski definition) is 2. The number of likely N-dealkylation sites (N-methyl/N-ethyl adjacent to an activating group) is 1. The van der Waals surface area contributed by atoms with Gasteiger partial charge in [-0.25, -0.2) is 4.98 Å². The molecule has 0 bridgehead atoms. The number of amides is 1. The van der Waals surface area contributed by atoms with Gasteiger partial charge in [0.15, 0.2) is 0 Å². The van der Waals surface area contributed by atoms with Crippen LogP contribution in [0.1, 0.15) is 28.7 Å². The third-order valence-electron chi connectivity index (χ3n) is 4.25. The number of nitrogens with zero attached hydrogens (tertiary/aromatic N) is 2. The summed E-state index contributed by atoms with van der Waals surface area (Å²) in [7, 11) is 1.95. The van der Waals surface area contributed by atoms with E-state index >= 15 is 0 Å². The normalized spacial score (nSPS) is 11.2. The number of fused-ring (bicyclic) bond motifs is 1. The Morgan fingerprint density at radius 1 is 1.28 bits per heavy atom. The fraction of sp³-hybridized carbons (Fsp3) is 0.263. The van der Waals surface area contributed by atoms with Crippen molar-refractivity contribution >= 4 is 28.5 Å². The maximum absolute atomic E-state index is 11.5. The molecule has 0 atom stereocenters. The van der Waals surface area contributed by atoms with Crippen LogP contribution in [0.15, 0.2) is 36.4 Å². The first kappa shape index (κ1) is 17.5. The molecule has 0 saturated heterocycles. The highest BCUT2D eigenvalue weighted by atomic mass is 35.5. The van der Waals surface area contributed by atoms with Gasteiger partial charge in [0.1, 0.15) is 5.82 Å². The SMILES string of the molecule is CCc1nc2cc(C(N)=O)c(Cl)cc2n1-c1ccc(CCNC)cc1. The standard InChI is InChI=1S/C19H21ClN4O/c1-3-18-23-16-10-14(19(21)25)15(20)11-17(16)24(18)13-6-4-12(5-7-13)8-9-22-2/h4-7,10-11,22H,3,8-9H2,1-2H3,(H2,21,25). The number of imidazole rings is 1. The summed E-state index contributed by atoms with van der Waals surface area (Å²) in [5.41, 5.74) is 9.57. The molecule has 0 unspecified atom stereocenters. The third kappa shape index (κ3) is 3.38. The first-order valence-electron chi connectivity index (χ1n) is 8.29. The average Bonchev–Trinajstić information content (AvgIpc) is 2.97. The van der Waals surface area contributed by atoms with Crippen molar-refractivity contribution in [2.75, 3.05) is 13.6 Å². The van der Waals surface area contributed by atoms with Crippen LogP contribution in [0.4, 0.5) is 0 Å². The van der Waals surface area contributed by atoms with Crippen LogP contribution in [0, 0.1) is 0 Å². The number of rotatable bonds is 6. The molecule has 0 aliphatic rings.